The predicted octanol–water partition coefficient (Wildman–Crippen LogP) is 1.90. The van der Waals surface area contributed by atoms with E-state index < -0.39 is 0 Å². The smallest absolute Gasteiger partial charge is 0.154 e. The molecule has 1 aromatic heterocycles. The first-order valence-corrected chi connectivity index (χ1v) is 10.9. The third-order valence-corrected chi connectivity index (χ3v) is 4.97. The summed E-state index contributed by atoms with van der Waals surface area (Å²) < 4.78 is 30.3. The monoisotopic (exact) mass is 434 g/mol. The maximum atomic E-state index is 6.04. The quantitative estimate of drug-likeness (QED) is 0.612. The molecule has 1 saturated heterocycles. The number of para-hydroxylation sites is 1. The molecular formula is C22H34N4O5. The third-order valence-electron chi connectivity index (χ3n) is 4.97. The second-order valence-electron chi connectivity index (χ2n) is 7.18. The van der Waals surface area contributed by atoms with E-state index in [1.807, 2.05) is 28.9 Å². The zero-order chi connectivity index (χ0) is 21.6. The van der Waals surface area contributed by atoms with Crippen molar-refractivity contribution in [3.8, 4) is 0 Å². The van der Waals surface area contributed by atoms with Crippen molar-refractivity contribution < 1.29 is 23.7 Å². The molecule has 1 fully saturated rings. The Morgan fingerprint density at radius 1 is 0.935 bits per heavy atom. The van der Waals surface area contributed by atoms with Gasteiger partial charge in [0.05, 0.1) is 65.0 Å². The van der Waals surface area contributed by atoms with Crippen LogP contribution in [-0.4, -0.2) is 99.0 Å². The summed E-state index contributed by atoms with van der Waals surface area (Å²) in [5, 5.41) is 8.60. The van der Waals surface area contributed by atoms with Gasteiger partial charge >= 0.3 is 0 Å². The van der Waals surface area contributed by atoms with E-state index in [9.17, 15) is 0 Å². The van der Waals surface area contributed by atoms with E-state index in [1.54, 1.807) is 6.08 Å². The predicted molar refractivity (Wildman–Crippen MR) is 117 cm³/mol. The molecule has 1 aromatic carbocycles. The molecule has 0 spiro atoms. The Balaban J connectivity index is 1.58. The van der Waals surface area contributed by atoms with Gasteiger partial charge in [0.15, 0.2) is 6.23 Å². The van der Waals surface area contributed by atoms with Crippen LogP contribution in [0, 0.1) is 0 Å². The van der Waals surface area contributed by atoms with Crippen molar-refractivity contribution >= 4 is 11.0 Å². The molecule has 2 aromatic rings. The van der Waals surface area contributed by atoms with Crippen LogP contribution in [0.2, 0.25) is 0 Å². The van der Waals surface area contributed by atoms with Gasteiger partial charge in [-0.25, -0.2) is 4.68 Å². The van der Waals surface area contributed by atoms with Gasteiger partial charge in [-0.2, -0.15) is 0 Å². The number of benzene rings is 1. The molecule has 0 bridgehead atoms. The standard InChI is InChI=1S/C22H34N4O5/c1-2-11-31-22(26-21-6-4-3-5-20(21)23-24-26)7-8-25-9-12-27-14-16-29-18-19-30-17-15-28-13-10-25/h2-6,22H,1,7-19H2. The summed E-state index contributed by atoms with van der Waals surface area (Å²) in [4.78, 5) is 2.32. The largest absolute Gasteiger partial charge is 0.378 e. The number of nitrogens with zero attached hydrogens (tertiary/aromatic N) is 4. The number of hydrogen-bond acceptors (Lipinski definition) is 8. The number of fused-ring (bicyclic) bond motifs is 1. The van der Waals surface area contributed by atoms with Gasteiger partial charge in [-0.3, -0.25) is 4.90 Å². The third kappa shape index (κ3) is 8.29. The number of rotatable bonds is 7. The first kappa shape index (κ1) is 23.8. The van der Waals surface area contributed by atoms with Gasteiger partial charge in [-0.05, 0) is 12.1 Å². The first-order chi connectivity index (χ1) is 15.4. The summed E-state index contributed by atoms with van der Waals surface area (Å²) in [5.41, 5.74) is 1.82. The minimum atomic E-state index is -0.231. The van der Waals surface area contributed by atoms with Gasteiger partial charge in [0.1, 0.15) is 5.52 Å². The Bertz CT molecular complexity index is 740. The Hall–Kier alpha value is -1.88. The van der Waals surface area contributed by atoms with E-state index >= 15 is 0 Å². The van der Waals surface area contributed by atoms with Crippen molar-refractivity contribution in [1.82, 2.24) is 19.9 Å². The summed E-state index contributed by atoms with van der Waals surface area (Å²) in [6.45, 7) is 11.4. The molecule has 0 saturated carbocycles. The van der Waals surface area contributed by atoms with Crippen LogP contribution in [0.15, 0.2) is 36.9 Å². The second-order valence-corrected chi connectivity index (χ2v) is 7.18. The number of ether oxygens (including phenoxy) is 5. The van der Waals surface area contributed by atoms with Crippen LogP contribution in [0.5, 0.6) is 0 Å². The molecular weight excluding hydrogens is 400 g/mol. The highest BCUT2D eigenvalue weighted by Crippen LogP contribution is 2.20. The van der Waals surface area contributed by atoms with Gasteiger partial charge in [-0.1, -0.05) is 23.4 Å². The van der Waals surface area contributed by atoms with Crippen LogP contribution in [0.4, 0.5) is 0 Å². The first-order valence-electron chi connectivity index (χ1n) is 10.9. The molecule has 1 aliphatic rings. The van der Waals surface area contributed by atoms with E-state index in [4.69, 9.17) is 23.7 Å². The van der Waals surface area contributed by atoms with Gasteiger partial charge in [0, 0.05) is 26.1 Å². The Labute approximate surface area is 183 Å². The molecule has 31 heavy (non-hydrogen) atoms. The van der Waals surface area contributed by atoms with Crippen LogP contribution in [0.25, 0.3) is 11.0 Å². The molecule has 3 rings (SSSR count). The lowest BCUT2D eigenvalue weighted by Crippen LogP contribution is -2.34. The fraction of sp³-hybridized carbons (Fsp3) is 0.636. The van der Waals surface area contributed by atoms with Crippen molar-refractivity contribution in [2.45, 2.75) is 12.6 Å². The van der Waals surface area contributed by atoms with E-state index in [0.717, 1.165) is 37.1 Å². The van der Waals surface area contributed by atoms with Crippen LogP contribution in [0.1, 0.15) is 12.6 Å². The zero-order valence-electron chi connectivity index (χ0n) is 18.2. The van der Waals surface area contributed by atoms with Gasteiger partial charge < -0.3 is 23.7 Å². The minimum Gasteiger partial charge on any atom is -0.378 e. The van der Waals surface area contributed by atoms with Crippen molar-refractivity contribution in [3.63, 3.8) is 0 Å². The molecule has 172 valence electrons. The lowest BCUT2D eigenvalue weighted by atomic mass is 10.3. The minimum absolute atomic E-state index is 0.231. The van der Waals surface area contributed by atoms with Crippen molar-refractivity contribution in [3.05, 3.63) is 36.9 Å². The van der Waals surface area contributed by atoms with Crippen molar-refractivity contribution in [1.29, 1.82) is 0 Å². The summed E-state index contributed by atoms with van der Waals surface area (Å²) in [6, 6.07) is 7.91. The normalized spacial score (nSPS) is 19.5. The summed E-state index contributed by atoms with van der Waals surface area (Å²) >= 11 is 0. The highest BCUT2D eigenvalue weighted by atomic mass is 16.6. The van der Waals surface area contributed by atoms with Crippen LogP contribution in [0.3, 0.4) is 0 Å². The Kier molecular flexibility index (Phi) is 10.9. The molecule has 9 heteroatoms. The summed E-state index contributed by atoms with van der Waals surface area (Å²) in [6.07, 6.45) is 2.28. The van der Waals surface area contributed by atoms with Gasteiger partial charge in [0.2, 0.25) is 0 Å². The zero-order valence-corrected chi connectivity index (χ0v) is 18.2. The Morgan fingerprint density at radius 3 is 2.19 bits per heavy atom. The molecule has 1 atom stereocenters. The fourth-order valence-electron chi connectivity index (χ4n) is 3.33. The molecule has 0 amide bonds. The molecule has 1 aliphatic heterocycles. The summed E-state index contributed by atoms with van der Waals surface area (Å²) in [5.74, 6) is 0. The van der Waals surface area contributed by atoms with E-state index in [0.29, 0.717) is 59.5 Å². The molecule has 9 nitrogen and oxygen atoms in total. The van der Waals surface area contributed by atoms with Crippen LogP contribution in [-0.2, 0) is 23.7 Å². The van der Waals surface area contributed by atoms with Crippen molar-refractivity contribution in [2.24, 2.45) is 0 Å². The lowest BCUT2D eigenvalue weighted by Gasteiger charge is -2.25. The molecule has 0 N–H and O–H groups in total. The highest BCUT2D eigenvalue weighted by Gasteiger charge is 2.18. The average Bonchev–Trinajstić information content (AvgIpc) is 3.21. The van der Waals surface area contributed by atoms with Gasteiger partial charge in [0.25, 0.3) is 0 Å². The van der Waals surface area contributed by atoms with E-state index in [-0.39, 0.29) is 6.23 Å². The number of aromatic nitrogens is 3. The SMILES string of the molecule is C=CCOC(CCN1CCOCCOCCOCCOCC1)n1nnc2ccccc21. The highest BCUT2D eigenvalue weighted by molar-refractivity contribution is 5.73. The maximum Gasteiger partial charge on any atom is 0.154 e. The molecule has 2 heterocycles. The summed E-state index contributed by atoms with van der Waals surface area (Å²) in [7, 11) is 0. The maximum absolute atomic E-state index is 6.04. The number of hydrogen-bond donors (Lipinski definition) is 0. The Morgan fingerprint density at radius 2 is 1.55 bits per heavy atom. The average molecular weight is 435 g/mol. The van der Waals surface area contributed by atoms with Crippen LogP contribution >= 0.6 is 0 Å². The lowest BCUT2D eigenvalue weighted by molar-refractivity contribution is -0.00634. The second kappa shape index (κ2) is 14.2. The van der Waals surface area contributed by atoms with Crippen molar-refractivity contribution in [2.75, 3.05) is 79.1 Å². The topological polar surface area (TPSA) is 80.1 Å². The van der Waals surface area contributed by atoms with Gasteiger partial charge in [-0.15, -0.1) is 11.7 Å². The molecule has 0 aliphatic carbocycles. The fourth-order valence-corrected chi connectivity index (χ4v) is 3.33. The molecule has 1 unspecified atom stereocenters. The molecule has 0 radical (unpaired) electrons. The van der Waals surface area contributed by atoms with E-state index in [2.05, 4.69) is 21.8 Å². The van der Waals surface area contributed by atoms with Crippen LogP contribution < -0.4 is 0 Å². The van der Waals surface area contributed by atoms with E-state index in [1.165, 1.54) is 0 Å².